The fraction of sp³-hybridized carbons (Fsp3) is 0.636. The number of hydrogen-bond donors (Lipinski definition) is 1. The van der Waals surface area contributed by atoms with Gasteiger partial charge in [0.2, 0.25) is 0 Å². The third kappa shape index (κ3) is 3.27. The van der Waals surface area contributed by atoms with Crippen LogP contribution in [0.3, 0.4) is 0 Å². The Bertz CT molecular complexity index is 318. The molecule has 0 aromatic heterocycles. The summed E-state index contributed by atoms with van der Waals surface area (Å²) in [5, 5.41) is 2.67. The molecule has 5 heteroatoms. The van der Waals surface area contributed by atoms with Gasteiger partial charge in [0.1, 0.15) is 0 Å². The highest BCUT2D eigenvalue weighted by Crippen LogP contribution is 2.35. The summed E-state index contributed by atoms with van der Waals surface area (Å²) in [4.78, 5) is 0.123. The number of hydrogen-bond acceptors (Lipinski definition) is 1. The van der Waals surface area contributed by atoms with E-state index < -0.39 is 11.7 Å². The Balaban J connectivity index is 3.14. The molecule has 1 aliphatic rings. The van der Waals surface area contributed by atoms with Crippen molar-refractivity contribution in [1.29, 1.82) is 0 Å². The van der Waals surface area contributed by atoms with Crippen molar-refractivity contribution in [2.24, 2.45) is 0 Å². The fourth-order valence-corrected chi connectivity index (χ4v) is 2.22. The van der Waals surface area contributed by atoms with E-state index in [1.165, 1.54) is 13.1 Å². The molecule has 16 heavy (non-hydrogen) atoms. The second-order valence-electron chi connectivity index (χ2n) is 3.89. The van der Waals surface area contributed by atoms with Gasteiger partial charge in [-0.2, -0.15) is 13.2 Å². The SMILES string of the molecule is CNC1=C(\C)CCC(Br)C/C=C\1C(F)(F)F. The average Bonchev–Trinajstić information content (AvgIpc) is 2.16. The topological polar surface area (TPSA) is 12.0 Å². The van der Waals surface area contributed by atoms with E-state index in [9.17, 15) is 13.2 Å². The van der Waals surface area contributed by atoms with Gasteiger partial charge in [-0.05, 0) is 31.8 Å². The van der Waals surface area contributed by atoms with Gasteiger partial charge in [-0.3, -0.25) is 0 Å². The molecule has 92 valence electrons. The monoisotopic (exact) mass is 297 g/mol. The van der Waals surface area contributed by atoms with Gasteiger partial charge in [-0.15, -0.1) is 0 Å². The van der Waals surface area contributed by atoms with Gasteiger partial charge < -0.3 is 5.32 Å². The third-order valence-corrected chi connectivity index (χ3v) is 3.49. The predicted molar refractivity (Wildman–Crippen MR) is 62.5 cm³/mol. The van der Waals surface area contributed by atoms with E-state index in [4.69, 9.17) is 0 Å². The maximum atomic E-state index is 12.8. The minimum absolute atomic E-state index is 0.123. The zero-order valence-electron chi connectivity index (χ0n) is 9.29. The van der Waals surface area contributed by atoms with Crippen LogP contribution in [0.1, 0.15) is 26.2 Å². The lowest BCUT2D eigenvalue weighted by atomic mass is 9.97. The van der Waals surface area contributed by atoms with Crippen LogP contribution in [0, 0.1) is 0 Å². The van der Waals surface area contributed by atoms with Gasteiger partial charge in [0.05, 0.1) is 5.57 Å². The Kier molecular flexibility index (Phi) is 4.47. The van der Waals surface area contributed by atoms with E-state index in [-0.39, 0.29) is 10.5 Å². The Morgan fingerprint density at radius 3 is 2.56 bits per heavy atom. The molecule has 0 aromatic rings. The molecule has 0 radical (unpaired) electrons. The standard InChI is InChI=1S/C11H15BrF3N/c1-7-3-4-8(12)5-6-9(10(7)16-2)11(13,14)15/h6,8,16H,3-5H2,1-2H3/b9-6+,10-7+. The van der Waals surface area contributed by atoms with E-state index in [0.717, 1.165) is 12.0 Å². The molecular weight excluding hydrogens is 283 g/mol. The number of alkyl halides is 4. The molecule has 0 saturated heterocycles. The van der Waals surface area contributed by atoms with Crippen LogP contribution >= 0.6 is 15.9 Å². The number of nitrogens with one attached hydrogen (secondary N) is 1. The van der Waals surface area contributed by atoms with Crippen molar-refractivity contribution in [2.75, 3.05) is 7.05 Å². The van der Waals surface area contributed by atoms with Gasteiger partial charge in [-0.25, -0.2) is 0 Å². The number of rotatable bonds is 1. The molecule has 0 aromatic carbocycles. The summed E-state index contributed by atoms with van der Waals surface area (Å²) in [6.45, 7) is 1.75. The first-order valence-electron chi connectivity index (χ1n) is 5.15. The predicted octanol–water partition coefficient (Wildman–Crippen LogP) is 3.92. The van der Waals surface area contributed by atoms with Crippen molar-refractivity contribution in [3.63, 3.8) is 0 Å². The zero-order chi connectivity index (χ0) is 12.3. The molecule has 0 aliphatic heterocycles. The smallest absolute Gasteiger partial charge is 0.388 e. The summed E-state index contributed by atoms with van der Waals surface area (Å²) < 4.78 is 38.5. The largest absolute Gasteiger partial charge is 0.418 e. The normalized spacial score (nSPS) is 31.4. The number of halogens is 4. The van der Waals surface area contributed by atoms with Crippen LogP contribution < -0.4 is 5.32 Å². The maximum Gasteiger partial charge on any atom is 0.418 e. The first-order valence-corrected chi connectivity index (χ1v) is 6.07. The van der Waals surface area contributed by atoms with Crippen LogP contribution in [-0.4, -0.2) is 18.1 Å². The van der Waals surface area contributed by atoms with E-state index in [0.29, 0.717) is 12.8 Å². The van der Waals surface area contributed by atoms with E-state index in [1.54, 1.807) is 6.92 Å². The van der Waals surface area contributed by atoms with Crippen LogP contribution in [0.4, 0.5) is 13.2 Å². The minimum atomic E-state index is -4.29. The second-order valence-corrected chi connectivity index (χ2v) is 5.19. The molecule has 0 fully saturated rings. The summed E-state index contributed by atoms with van der Waals surface area (Å²) in [6, 6.07) is 0. The van der Waals surface area contributed by atoms with Crippen molar-refractivity contribution in [3.05, 3.63) is 22.9 Å². The lowest BCUT2D eigenvalue weighted by Crippen LogP contribution is -2.23. The van der Waals surface area contributed by atoms with Crippen molar-refractivity contribution < 1.29 is 13.2 Å². The third-order valence-electron chi connectivity index (χ3n) is 2.66. The number of allylic oxidation sites excluding steroid dienone is 3. The number of likely N-dealkylation sites (N-methyl/N-ethyl adjacent to an activating group) is 1. The van der Waals surface area contributed by atoms with E-state index in [1.807, 2.05) is 0 Å². The first kappa shape index (κ1) is 13.6. The molecule has 1 unspecified atom stereocenters. The molecule has 0 amide bonds. The maximum absolute atomic E-state index is 12.8. The quantitative estimate of drug-likeness (QED) is 0.724. The summed E-state index contributed by atoms with van der Waals surface area (Å²) in [7, 11) is 1.53. The van der Waals surface area contributed by atoms with Gasteiger partial charge >= 0.3 is 6.18 Å². The lowest BCUT2D eigenvalue weighted by molar-refractivity contribution is -0.0902. The first-order chi connectivity index (χ1) is 7.36. The minimum Gasteiger partial charge on any atom is -0.388 e. The molecule has 0 bridgehead atoms. The van der Waals surface area contributed by atoms with Crippen LogP contribution in [0.15, 0.2) is 22.9 Å². The van der Waals surface area contributed by atoms with Gasteiger partial charge in [0.15, 0.2) is 0 Å². The van der Waals surface area contributed by atoms with Crippen LogP contribution in [0.2, 0.25) is 0 Å². The second kappa shape index (κ2) is 5.25. The molecule has 1 rings (SSSR count). The molecule has 1 aliphatic carbocycles. The zero-order valence-corrected chi connectivity index (χ0v) is 10.9. The summed E-state index contributed by atoms with van der Waals surface area (Å²) in [5.41, 5.74) is 0.443. The highest BCUT2D eigenvalue weighted by atomic mass is 79.9. The van der Waals surface area contributed by atoms with Crippen LogP contribution in [0.5, 0.6) is 0 Å². The van der Waals surface area contributed by atoms with E-state index >= 15 is 0 Å². The van der Waals surface area contributed by atoms with Crippen molar-refractivity contribution in [2.45, 2.75) is 37.2 Å². The van der Waals surface area contributed by atoms with E-state index in [2.05, 4.69) is 21.2 Å². The molecule has 1 N–H and O–H groups in total. The molecule has 0 saturated carbocycles. The molecule has 1 nitrogen and oxygen atoms in total. The Morgan fingerprint density at radius 1 is 1.44 bits per heavy atom. The van der Waals surface area contributed by atoms with Crippen LogP contribution in [0.25, 0.3) is 0 Å². The Morgan fingerprint density at radius 2 is 2.06 bits per heavy atom. The van der Waals surface area contributed by atoms with Gasteiger partial charge in [0.25, 0.3) is 0 Å². The molecular formula is C11H15BrF3N. The highest BCUT2D eigenvalue weighted by molar-refractivity contribution is 9.09. The molecule has 0 heterocycles. The molecule has 1 atom stereocenters. The van der Waals surface area contributed by atoms with Crippen molar-refractivity contribution >= 4 is 15.9 Å². The Hall–Kier alpha value is -0.450. The van der Waals surface area contributed by atoms with Crippen LogP contribution in [-0.2, 0) is 0 Å². The molecule has 0 spiro atoms. The summed E-state index contributed by atoms with van der Waals surface area (Å²) in [5.74, 6) is 0. The summed E-state index contributed by atoms with van der Waals surface area (Å²) >= 11 is 3.38. The van der Waals surface area contributed by atoms with Crippen molar-refractivity contribution in [1.82, 2.24) is 5.32 Å². The van der Waals surface area contributed by atoms with Gasteiger partial charge in [0, 0.05) is 17.6 Å². The highest BCUT2D eigenvalue weighted by Gasteiger charge is 2.36. The fourth-order valence-electron chi connectivity index (χ4n) is 1.80. The lowest BCUT2D eigenvalue weighted by Gasteiger charge is -2.22. The van der Waals surface area contributed by atoms with Gasteiger partial charge in [-0.1, -0.05) is 22.0 Å². The average molecular weight is 298 g/mol. The van der Waals surface area contributed by atoms with Crippen molar-refractivity contribution in [3.8, 4) is 0 Å². The summed E-state index contributed by atoms with van der Waals surface area (Å²) in [6.07, 6.45) is -1.07. The Labute approximate surface area is 102 Å².